The van der Waals surface area contributed by atoms with Gasteiger partial charge >= 0.3 is 6.61 Å². The number of hydrogen-bond acceptors (Lipinski definition) is 4. The molecular weight excluding hydrogens is 364 g/mol. The van der Waals surface area contributed by atoms with Crippen LogP contribution in [-0.2, 0) is 11.2 Å². The Morgan fingerprint density at radius 2 is 1.75 bits per heavy atom. The molecule has 0 spiro atoms. The normalized spacial score (nSPS) is 14.9. The summed E-state index contributed by atoms with van der Waals surface area (Å²) >= 11 is 0. The van der Waals surface area contributed by atoms with E-state index in [0.29, 0.717) is 0 Å². The predicted molar refractivity (Wildman–Crippen MR) is 106 cm³/mol. The molecule has 1 aliphatic heterocycles. The molecule has 0 atom stereocenters. The molecule has 1 heterocycles. The van der Waals surface area contributed by atoms with Crippen LogP contribution in [0.4, 0.5) is 20.2 Å². The molecule has 2 aromatic rings. The molecule has 150 valence electrons. The standard InChI is InChI=1S/C21H25F2N3O2/c1-2-25-11-13-26(14-12-25)19-6-4-3-5-18(19)24-20(27)15-16-7-9-17(10-8-16)28-21(22)23/h3-10,21H,2,11-15H2,1H3,(H,24,27). The number of ether oxygens (including phenoxy) is 1. The third-order valence-electron chi connectivity index (χ3n) is 4.85. The van der Waals surface area contributed by atoms with E-state index in [1.165, 1.54) is 12.1 Å². The van der Waals surface area contributed by atoms with E-state index in [1.807, 2.05) is 24.3 Å². The maximum absolute atomic E-state index is 12.5. The number of alkyl halides is 2. The van der Waals surface area contributed by atoms with E-state index >= 15 is 0 Å². The number of benzene rings is 2. The first-order valence-electron chi connectivity index (χ1n) is 9.45. The second kappa shape index (κ2) is 9.50. The number of anilines is 2. The number of hydrogen-bond donors (Lipinski definition) is 1. The van der Waals surface area contributed by atoms with E-state index in [9.17, 15) is 13.6 Å². The van der Waals surface area contributed by atoms with Crippen molar-refractivity contribution in [1.29, 1.82) is 0 Å². The average molecular weight is 389 g/mol. The number of para-hydroxylation sites is 2. The molecule has 1 amide bonds. The minimum Gasteiger partial charge on any atom is -0.435 e. The lowest BCUT2D eigenvalue weighted by atomic mass is 10.1. The van der Waals surface area contributed by atoms with E-state index < -0.39 is 6.61 Å². The van der Waals surface area contributed by atoms with Gasteiger partial charge in [0.1, 0.15) is 5.75 Å². The fourth-order valence-corrected chi connectivity index (χ4v) is 3.33. The number of amides is 1. The molecule has 5 nitrogen and oxygen atoms in total. The fourth-order valence-electron chi connectivity index (χ4n) is 3.33. The molecule has 0 radical (unpaired) electrons. The smallest absolute Gasteiger partial charge is 0.387 e. The van der Waals surface area contributed by atoms with Crippen molar-refractivity contribution in [1.82, 2.24) is 4.90 Å². The molecule has 0 bridgehead atoms. The fraction of sp³-hybridized carbons (Fsp3) is 0.381. The maximum atomic E-state index is 12.5. The average Bonchev–Trinajstić information content (AvgIpc) is 2.69. The topological polar surface area (TPSA) is 44.8 Å². The highest BCUT2D eigenvalue weighted by Crippen LogP contribution is 2.27. The van der Waals surface area contributed by atoms with E-state index in [1.54, 1.807) is 12.1 Å². The SMILES string of the molecule is CCN1CCN(c2ccccc2NC(=O)Cc2ccc(OC(F)F)cc2)CC1. The van der Waals surface area contributed by atoms with Crippen LogP contribution in [0.5, 0.6) is 5.75 Å². The molecule has 0 saturated carbocycles. The van der Waals surface area contributed by atoms with Crippen molar-refractivity contribution in [2.24, 2.45) is 0 Å². The Morgan fingerprint density at radius 1 is 1.07 bits per heavy atom. The zero-order chi connectivity index (χ0) is 19.9. The zero-order valence-electron chi connectivity index (χ0n) is 15.9. The minimum absolute atomic E-state index is 0.0794. The van der Waals surface area contributed by atoms with Gasteiger partial charge in [-0.3, -0.25) is 4.79 Å². The van der Waals surface area contributed by atoms with Crippen molar-refractivity contribution in [2.75, 3.05) is 42.9 Å². The van der Waals surface area contributed by atoms with Gasteiger partial charge in [0.2, 0.25) is 5.91 Å². The number of rotatable bonds is 7. The van der Waals surface area contributed by atoms with Crippen molar-refractivity contribution in [2.45, 2.75) is 20.0 Å². The lowest BCUT2D eigenvalue weighted by molar-refractivity contribution is -0.115. The summed E-state index contributed by atoms with van der Waals surface area (Å²) in [6.07, 6.45) is 0.160. The largest absolute Gasteiger partial charge is 0.435 e. The highest BCUT2D eigenvalue weighted by molar-refractivity contribution is 5.95. The summed E-state index contributed by atoms with van der Waals surface area (Å²) in [5.74, 6) is -0.0714. The molecule has 0 aliphatic carbocycles. The van der Waals surface area contributed by atoms with Crippen LogP contribution in [-0.4, -0.2) is 50.1 Å². The van der Waals surface area contributed by atoms with Gasteiger partial charge < -0.3 is 19.9 Å². The first kappa shape index (κ1) is 20.1. The van der Waals surface area contributed by atoms with Crippen molar-refractivity contribution in [3.05, 3.63) is 54.1 Å². The Labute approximate surface area is 163 Å². The van der Waals surface area contributed by atoms with Crippen LogP contribution < -0.4 is 15.0 Å². The van der Waals surface area contributed by atoms with E-state index in [2.05, 4.69) is 26.8 Å². The number of nitrogens with one attached hydrogen (secondary N) is 1. The summed E-state index contributed by atoms with van der Waals surface area (Å²) in [6, 6.07) is 13.9. The van der Waals surface area contributed by atoms with Crippen LogP contribution in [0.1, 0.15) is 12.5 Å². The Bertz CT molecular complexity index is 775. The van der Waals surface area contributed by atoms with E-state index in [0.717, 1.165) is 49.7 Å². The molecule has 2 aromatic carbocycles. The Balaban J connectivity index is 1.61. The second-order valence-electron chi connectivity index (χ2n) is 6.69. The Morgan fingerprint density at radius 3 is 2.39 bits per heavy atom. The van der Waals surface area contributed by atoms with Crippen molar-refractivity contribution < 1.29 is 18.3 Å². The molecule has 3 rings (SSSR count). The number of piperazine rings is 1. The van der Waals surface area contributed by atoms with E-state index in [-0.39, 0.29) is 18.1 Å². The monoisotopic (exact) mass is 389 g/mol. The number of likely N-dealkylation sites (N-methyl/N-ethyl adjacent to an activating group) is 1. The quantitative estimate of drug-likeness (QED) is 0.786. The first-order chi connectivity index (χ1) is 13.5. The van der Waals surface area contributed by atoms with Gasteiger partial charge in [0.05, 0.1) is 17.8 Å². The lowest BCUT2D eigenvalue weighted by Gasteiger charge is -2.36. The van der Waals surface area contributed by atoms with Crippen molar-refractivity contribution in [3.63, 3.8) is 0 Å². The molecule has 7 heteroatoms. The number of carbonyl (C=O) groups excluding carboxylic acids is 1. The van der Waals surface area contributed by atoms with Gasteiger partial charge in [-0.05, 0) is 36.4 Å². The summed E-state index contributed by atoms with van der Waals surface area (Å²) in [7, 11) is 0. The maximum Gasteiger partial charge on any atom is 0.387 e. The van der Waals surface area contributed by atoms with Crippen LogP contribution in [0.15, 0.2) is 48.5 Å². The van der Waals surface area contributed by atoms with Gasteiger partial charge in [-0.2, -0.15) is 8.78 Å². The number of halogens is 2. The third-order valence-corrected chi connectivity index (χ3v) is 4.85. The zero-order valence-corrected chi connectivity index (χ0v) is 15.9. The predicted octanol–water partition coefficient (Wildman–Crippen LogP) is 3.61. The number of carbonyl (C=O) groups is 1. The molecular formula is C21H25F2N3O2. The molecule has 1 aliphatic rings. The lowest BCUT2D eigenvalue weighted by Crippen LogP contribution is -2.46. The van der Waals surface area contributed by atoms with Crippen molar-refractivity contribution >= 4 is 17.3 Å². The summed E-state index contributed by atoms with van der Waals surface area (Å²) in [6.45, 7) is 4.21. The van der Waals surface area contributed by atoms with Gasteiger partial charge in [-0.15, -0.1) is 0 Å². The van der Waals surface area contributed by atoms with Gasteiger partial charge in [0.25, 0.3) is 0 Å². The Kier molecular flexibility index (Phi) is 6.81. The summed E-state index contributed by atoms with van der Waals surface area (Å²) in [5.41, 5.74) is 2.54. The van der Waals surface area contributed by atoms with E-state index in [4.69, 9.17) is 0 Å². The van der Waals surface area contributed by atoms with Crippen LogP contribution >= 0.6 is 0 Å². The van der Waals surface area contributed by atoms with Crippen LogP contribution in [0.3, 0.4) is 0 Å². The molecule has 0 aromatic heterocycles. The third kappa shape index (κ3) is 5.42. The second-order valence-corrected chi connectivity index (χ2v) is 6.69. The van der Waals surface area contributed by atoms with Gasteiger partial charge in [0, 0.05) is 26.2 Å². The summed E-state index contributed by atoms with van der Waals surface area (Å²) < 4.78 is 28.8. The first-order valence-corrected chi connectivity index (χ1v) is 9.45. The molecule has 28 heavy (non-hydrogen) atoms. The van der Waals surface area contributed by atoms with Crippen LogP contribution in [0, 0.1) is 0 Å². The van der Waals surface area contributed by atoms with Gasteiger partial charge in [0.15, 0.2) is 0 Å². The molecule has 0 unspecified atom stereocenters. The summed E-state index contributed by atoms with van der Waals surface area (Å²) in [5, 5.41) is 2.98. The highest BCUT2D eigenvalue weighted by atomic mass is 19.3. The summed E-state index contributed by atoms with van der Waals surface area (Å²) in [4.78, 5) is 17.2. The molecule has 1 saturated heterocycles. The van der Waals surface area contributed by atoms with Crippen LogP contribution in [0.2, 0.25) is 0 Å². The molecule has 1 fully saturated rings. The minimum atomic E-state index is -2.86. The van der Waals surface area contributed by atoms with Crippen molar-refractivity contribution in [3.8, 4) is 5.75 Å². The Hall–Kier alpha value is -2.67. The number of nitrogens with zero attached hydrogens (tertiary/aromatic N) is 2. The van der Waals surface area contributed by atoms with Gasteiger partial charge in [-0.25, -0.2) is 0 Å². The highest BCUT2D eigenvalue weighted by Gasteiger charge is 2.18. The van der Waals surface area contributed by atoms with Gasteiger partial charge in [-0.1, -0.05) is 31.2 Å². The molecule has 1 N–H and O–H groups in total. The van der Waals surface area contributed by atoms with Crippen LogP contribution in [0.25, 0.3) is 0 Å².